The van der Waals surface area contributed by atoms with Crippen LogP contribution >= 0.6 is 0 Å². The molecule has 2 fully saturated rings. The Hall–Kier alpha value is -2.77. The maximum absolute atomic E-state index is 12.7. The average molecular weight is 368 g/mol. The molecule has 1 saturated heterocycles. The molecule has 2 aromatic rings. The summed E-state index contributed by atoms with van der Waals surface area (Å²) in [6.07, 6.45) is 4.37. The van der Waals surface area contributed by atoms with Gasteiger partial charge in [-0.1, -0.05) is 0 Å². The molecule has 0 atom stereocenters. The molecule has 1 amide bonds. The Morgan fingerprint density at radius 2 is 1.67 bits per heavy atom. The molecular weight excluding hydrogens is 344 g/mol. The Kier molecular flexibility index (Phi) is 4.87. The largest absolute Gasteiger partial charge is 0.352 e. The molecule has 142 valence electrons. The fraction of sp³-hybridized carbons (Fsp3) is 0.526. The zero-order valence-corrected chi connectivity index (χ0v) is 15.5. The lowest BCUT2D eigenvalue weighted by Gasteiger charge is -2.37. The van der Waals surface area contributed by atoms with E-state index in [1.807, 2.05) is 36.2 Å². The number of ketones is 1. The van der Waals surface area contributed by atoms with Crippen LogP contribution in [0.4, 0.5) is 5.82 Å². The fourth-order valence-electron chi connectivity index (χ4n) is 3.75. The summed E-state index contributed by atoms with van der Waals surface area (Å²) < 4.78 is 1.71. The van der Waals surface area contributed by atoms with E-state index in [9.17, 15) is 9.59 Å². The van der Waals surface area contributed by atoms with E-state index < -0.39 is 0 Å². The van der Waals surface area contributed by atoms with E-state index in [0.29, 0.717) is 44.6 Å². The van der Waals surface area contributed by atoms with Gasteiger partial charge in [0.15, 0.2) is 11.6 Å². The predicted molar refractivity (Wildman–Crippen MR) is 99.6 cm³/mol. The molecule has 1 aliphatic heterocycles. The van der Waals surface area contributed by atoms with Crippen molar-refractivity contribution in [3.63, 3.8) is 0 Å². The molecule has 0 unspecified atom stereocenters. The maximum atomic E-state index is 12.7. The molecule has 2 aromatic heterocycles. The number of rotatable bonds is 3. The molecule has 0 aromatic carbocycles. The molecule has 0 spiro atoms. The van der Waals surface area contributed by atoms with Gasteiger partial charge >= 0.3 is 0 Å². The van der Waals surface area contributed by atoms with E-state index in [1.54, 1.807) is 4.68 Å². The van der Waals surface area contributed by atoms with Gasteiger partial charge in [0.2, 0.25) is 5.91 Å². The van der Waals surface area contributed by atoms with Gasteiger partial charge in [0, 0.05) is 51.1 Å². The highest BCUT2D eigenvalue weighted by Gasteiger charge is 2.30. The van der Waals surface area contributed by atoms with E-state index in [4.69, 9.17) is 0 Å². The Morgan fingerprint density at radius 1 is 1.00 bits per heavy atom. The smallest absolute Gasteiger partial charge is 0.225 e. The highest BCUT2D eigenvalue weighted by atomic mass is 16.2. The lowest BCUT2D eigenvalue weighted by molar-refractivity contribution is -0.137. The summed E-state index contributed by atoms with van der Waals surface area (Å²) in [7, 11) is 0. The number of piperazine rings is 1. The normalized spacial score (nSPS) is 18.8. The molecule has 4 rings (SSSR count). The van der Waals surface area contributed by atoms with E-state index >= 15 is 0 Å². The van der Waals surface area contributed by atoms with Gasteiger partial charge in [0.25, 0.3) is 0 Å². The third kappa shape index (κ3) is 3.84. The second kappa shape index (κ2) is 7.46. The fourth-order valence-corrected chi connectivity index (χ4v) is 3.75. The standard InChI is InChI=1S/C19H24N6O2/c1-14-8-9-25(22-14)18-7-6-17(20-21-18)23-10-12-24(13-11-23)19(27)15-2-4-16(26)5-3-15/h6-9,15H,2-5,10-13H2,1H3. The van der Waals surface area contributed by atoms with Crippen LogP contribution in [0.25, 0.3) is 5.82 Å². The highest BCUT2D eigenvalue weighted by molar-refractivity contribution is 5.84. The van der Waals surface area contributed by atoms with Gasteiger partial charge in [-0.2, -0.15) is 5.10 Å². The number of nitrogens with zero attached hydrogens (tertiary/aromatic N) is 6. The molecule has 2 aliphatic rings. The Bertz CT molecular complexity index is 813. The number of amides is 1. The molecule has 1 saturated carbocycles. The lowest BCUT2D eigenvalue weighted by Crippen LogP contribution is -2.51. The van der Waals surface area contributed by atoms with Crippen molar-refractivity contribution in [2.45, 2.75) is 32.6 Å². The van der Waals surface area contributed by atoms with Crippen LogP contribution in [0.1, 0.15) is 31.4 Å². The highest BCUT2D eigenvalue weighted by Crippen LogP contribution is 2.24. The van der Waals surface area contributed by atoms with Crippen LogP contribution in [0.5, 0.6) is 0 Å². The number of carbonyl (C=O) groups excluding carboxylic acids is 2. The minimum atomic E-state index is 0.0193. The van der Waals surface area contributed by atoms with E-state index in [1.165, 1.54) is 0 Å². The van der Waals surface area contributed by atoms with Crippen LogP contribution < -0.4 is 4.90 Å². The Balaban J connectivity index is 1.33. The molecule has 3 heterocycles. The molecule has 0 radical (unpaired) electrons. The molecule has 27 heavy (non-hydrogen) atoms. The van der Waals surface area contributed by atoms with E-state index in [-0.39, 0.29) is 17.6 Å². The number of hydrogen-bond acceptors (Lipinski definition) is 6. The van der Waals surface area contributed by atoms with Gasteiger partial charge in [0.05, 0.1) is 5.69 Å². The minimum Gasteiger partial charge on any atom is -0.352 e. The van der Waals surface area contributed by atoms with Crippen LogP contribution in [0.3, 0.4) is 0 Å². The number of hydrogen-bond donors (Lipinski definition) is 0. The van der Waals surface area contributed by atoms with Crippen molar-refractivity contribution in [1.82, 2.24) is 24.9 Å². The summed E-state index contributed by atoms with van der Waals surface area (Å²) in [5.74, 6) is 2.02. The second-order valence-electron chi connectivity index (χ2n) is 7.28. The number of anilines is 1. The number of Topliss-reactive ketones (excluding diaryl/α,β-unsaturated/α-hetero) is 1. The summed E-state index contributed by atoms with van der Waals surface area (Å²) >= 11 is 0. The molecule has 1 aliphatic carbocycles. The van der Waals surface area contributed by atoms with E-state index in [0.717, 1.165) is 24.6 Å². The summed E-state index contributed by atoms with van der Waals surface area (Å²) in [5, 5.41) is 12.9. The topological polar surface area (TPSA) is 84.2 Å². The van der Waals surface area contributed by atoms with Gasteiger partial charge in [-0.05, 0) is 38.0 Å². The summed E-state index contributed by atoms with van der Waals surface area (Å²) in [6, 6.07) is 5.78. The van der Waals surface area contributed by atoms with Crippen molar-refractivity contribution in [2.75, 3.05) is 31.1 Å². The Morgan fingerprint density at radius 3 is 2.26 bits per heavy atom. The summed E-state index contributed by atoms with van der Waals surface area (Å²) in [4.78, 5) is 28.1. The van der Waals surface area contributed by atoms with Gasteiger partial charge in [-0.25, -0.2) is 4.68 Å². The van der Waals surface area contributed by atoms with Crippen LogP contribution in [-0.4, -0.2) is 62.7 Å². The first-order valence-electron chi connectivity index (χ1n) is 9.52. The van der Waals surface area contributed by atoms with Crippen molar-refractivity contribution < 1.29 is 9.59 Å². The quantitative estimate of drug-likeness (QED) is 0.814. The van der Waals surface area contributed by atoms with Crippen molar-refractivity contribution in [3.05, 3.63) is 30.1 Å². The van der Waals surface area contributed by atoms with Gasteiger partial charge in [-0.15, -0.1) is 10.2 Å². The van der Waals surface area contributed by atoms with Gasteiger partial charge in [-0.3, -0.25) is 9.59 Å². The second-order valence-corrected chi connectivity index (χ2v) is 7.28. The van der Waals surface area contributed by atoms with Crippen LogP contribution in [0.2, 0.25) is 0 Å². The van der Waals surface area contributed by atoms with Crippen molar-refractivity contribution in [3.8, 4) is 5.82 Å². The average Bonchev–Trinajstić information content (AvgIpc) is 3.15. The zero-order chi connectivity index (χ0) is 18.8. The zero-order valence-electron chi connectivity index (χ0n) is 15.5. The molecule has 0 N–H and O–H groups in total. The van der Waals surface area contributed by atoms with Crippen LogP contribution in [0.15, 0.2) is 24.4 Å². The number of aryl methyl sites for hydroxylation is 1. The minimum absolute atomic E-state index is 0.0193. The molecular formula is C19H24N6O2. The van der Waals surface area contributed by atoms with Gasteiger partial charge in [0.1, 0.15) is 5.78 Å². The number of carbonyl (C=O) groups is 2. The summed E-state index contributed by atoms with van der Waals surface area (Å²) in [5.41, 5.74) is 0.934. The predicted octanol–water partition coefficient (Wildman–Crippen LogP) is 1.38. The third-order valence-electron chi connectivity index (χ3n) is 5.40. The monoisotopic (exact) mass is 368 g/mol. The molecule has 0 bridgehead atoms. The van der Waals surface area contributed by atoms with Crippen molar-refractivity contribution in [1.29, 1.82) is 0 Å². The van der Waals surface area contributed by atoms with Gasteiger partial charge < -0.3 is 9.80 Å². The lowest BCUT2D eigenvalue weighted by atomic mass is 9.87. The summed E-state index contributed by atoms with van der Waals surface area (Å²) in [6.45, 7) is 4.79. The van der Waals surface area contributed by atoms with Crippen molar-refractivity contribution >= 4 is 17.5 Å². The first-order valence-corrected chi connectivity index (χ1v) is 9.52. The third-order valence-corrected chi connectivity index (χ3v) is 5.40. The first-order chi connectivity index (χ1) is 13.1. The SMILES string of the molecule is Cc1ccn(-c2ccc(N3CCN(C(=O)C4CCC(=O)CC4)CC3)nn2)n1. The Labute approximate surface area is 158 Å². The molecule has 8 heteroatoms. The van der Waals surface area contributed by atoms with Crippen LogP contribution in [-0.2, 0) is 9.59 Å². The number of aromatic nitrogens is 4. The maximum Gasteiger partial charge on any atom is 0.225 e. The van der Waals surface area contributed by atoms with Crippen molar-refractivity contribution in [2.24, 2.45) is 5.92 Å². The van der Waals surface area contributed by atoms with E-state index in [2.05, 4.69) is 20.2 Å². The molecule has 8 nitrogen and oxygen atoms in total. The van der Waals surface area contributed by atoms with Crippen LogP contribution in [0, 0.1) is 12.8 Å². The first kappa shape index (κ1) is 17.6.